The van der Waals surface area contributed by atoms with Gasteiger partial charge >= 0.3 is 6.03 Å². The quantitative estimate of drug-likeness (QED) is 0.929. The predicted octanol–water partition coefficient (Wildman–Crippen LogP) is 1.99. The van der Waals surface area contributed by atoms with E-state index in [0.717, 1.165) is 31.6 Å². The van der Waals surface area contributed by atoms with Crippen LogP contribution in [0.2, 0.25) is 0 Å². The molecule has 1 saturated carbocycles. The molecule has 2 aliphatic rings. The average Bonchev–Trinajstić information content (AvgIpc) is 3.27. The second-order valence-electron chi connectivity index (χ2n) is 6.13. The molecule has 1 aliphatic carbocycles. The summed E-state index contributed by atoms with van der Waals surface area (Å²) in [7, 11) is 0. The van der Waals surface area contributed by atoms with Crippen molar-refractivity contribution < 1.29 is 14.0 Å². The molecule has 3 amide bonds. The topological polar surface area (TPSA) is 65.8 Å². The standard InChI is InChI=1S/C16H23N3O3/c1-12(14-4-2-11-22-14)17-16(21)19-8-3-7-18(9-10-19)15(20)13-5-6-13/h2,4,11-13H,3,5-10H2,1H3,(H,17,21). The first-order valence-electron chi connectivity index (χ1n) is 8.03. The van der Waals surface area contributed by atoms with Crippen LogP contribution in [0, 0.1) is 5.92 Å². The zero-order chi connectivity index (χ0) is 15.5. The number of rotatable bonds is 3. The van der Waals surface area contributed by atoms with Crippen LogP contribution in [-0.4, -0.2) is 47.9 Å². The van der Waals surface area contributed by atoms with Crippen LogP contribution >= 0.6 is 0 Å². The first-order valence-corrected chi connectivity index (χ1v) is 8.03. The summed E-state index contributed by atoms with van der Waals surface area (Å²) in [5.74, 6) is 1.26. The van der Waals surface area contributed by atoms with Crippen molar-refractivity contribution >= 4 is 11.9 Å². The molecule has 2 fully saturated rings. The van der Waals surface area contributed by atoms with Gasteiger partial charge in [0, 0.05) is 32.1 Å². The minimum atomic E-state index is -0.157. The van der Waals surface area contributed by atoms with Gasteiger partial charge in [0.15, 0.2) is 0 Å². The van der Waals surface area contributed by atoms with Gasteiger partial charge in [0.25, 0.3) is 0 Å². The minimum Gasteiger partial charge on any atom is -0.467 e. The van der Waals surface area contributed by atoms with Crippen molar-refractivity contribution in [2.24, 2.45) is 5.92 Å². The monoisotopic (exact) mass is 305 g/mol. The van der Waals surface area contributed by atoms with Crippen LogP contribution in [0.25, 0.3) is 0 Å². The number of hydrogen-bond acceptors (Lipinski definition) is 3. The highest BCUT2D eigenvalue weighted by molar-refractivity contribution is 5.81. The Morgan fingerprint density at radius 3 is 2.64 bits per heavy atom. The molecular formula is C16H23N3O3. The maximum absolute atomic E-state index is 12.3. The third-order valence-corrected chi connectivity index (χ3v) is 4.33. The van der Waals surface area contributed by atoms with Crippen LogP contribution < -0.4 is 5.32 Å². The van der Waals surface area contributed by atoms with Gasteiger partial charge in [-0.1, -0.05) is 0 Å². The number of amides is 3. The first kappa shape index (κ1) is 14.9. The lowest BCUT2D eigenvalue weighted by Crippen LogP contribution is -2.43. The Kier molecular flexibility index (Phi) is 4.36. The number of carbonyl (C=O) groups is 2. The highest BCUT2D eigenvalue weighted by atomic mass is 16.3. The molecule has 1 saturated heterocycles. The van der Waals surface area contributed by atoms with Gasteiger partial charge < -0.3 is 19.5 Å². The highest BCUT2D eigenvalue weighted by Crippen LogP contribution is 2.31. The number of furan rings is 1. The molecule has 1 atom stereocenters. The van der Waals surface area contributed by atoms with Gasteiger partial charge in [-0.25, -0.2) is 4.79 Å². The molecule has 6 nitrogen and oxygen atoms in total. The molecule has 120 valence electrons. The van der Waals surface area contributed by atoms with Crippen LogP contribution in [0.1, 0.15) is 38.0 Å². The van der Waals surface area contributed by atoms with Gasteiger partial charge in [-0.15, -0.1) is 0 Å². The summed E-state index contributed by atoms with van der Waals surface area (Å²) >= 11 is 0. The van der Waals surface area contributed by atoms with Crippen LogP contribution in [0.4, 0.5) is 4.79 Å². The van der Waals surface area contributed by atoms with Crippen molar-refractivity contribution in [3.8, 4) is 0 Å². The summed E-state index contributed by atoms with van der Waals surface area (Å²) in [6.07, 6.45) is 4.49. The molecule has 6 heteroatoms. The minimum absolute atomic E-state index is 0.0929. The van der Waals surface area contributed by atoms with E-state index in [-0.39, 0.29) is 23.9 Å². The van der Waals surface area contributed by atoms with E-state index in [9.17, 15) is 9.59 Å². The zero-order valence-corrected chi connectivity index (χ0v) is 13.0. The van der Waals surface area contributed by atoms with Crippen LogP contribution in [-0.2, 0) is 4.79 Å². The van der Waals surface area contributed by atoms with Gasteiger partial charge in [-0.3, -0.25) is 4.79 Å². The maximum Gasteiger partial charge on any atom is 0.318 e. The van der Waals surface area contributed by atoms with Crippen molar-refractivity contribution in [2.75, 3.05) is 26.2 Å². The molecule has 22 heavy (non-hydrogen) atoms. The van der Waals surface area contributed by atoms with E-state index < -0.39 is 0 Å². The second-order valence-corrected chi connectivity index (χ2v) is 6.13. The Hall–Kier alpha value is -1.98. The molecular weight excluding hydrogens is 282 g/mol. The second kappa shape index (κ2) is 6.42. The summed E-state index contributed by atoms with van der Waals surface area (Å²) in [6, 6.07) is 3.41. The fraction of sp³-hybridized carbons (Fsp3) is 0.625. The van der Waals surface area contributed by atoms with Crippen LogP contribution in [0.5, 0.6) is 0 Å². The maximum atomic E-state index is 12.3. The lowest BCUT2D eigenvalue weighted by Gasteiger charge is -2.24. The predicted molar refractivity (Wildman–Crippen MR) is 81.1 cm³/mol. The third-order valence-electron chi connectivity index (χ3n) is 4.33. The van der Waals surface area contributed by atoms with Crippen molar-refractivity contribution in [1.82, 2.24) is 15.1 Å². The zero-order valence-electron chi connectivity index (χ0n) is 13.0. The molecule has 1 aromatic rings. The smallest absolute Gasteiger partial charge is 0.318 e. The molecule has 1 N–H and O–H groups in total. The number of nitrogens with zero attached hydrogens (tertiary/aromatic N) is 2. The highest BCUT2D eigenvalue weighted by Gasteiger charge is 2.34. The number of hydrogen-bond donors (Lipinski definition) is 1. The summed E-state index contributed by atoms with van der Waals surface area (Å²) in [5.41, 5.74) is 0. The number of urea groups is 1. The molecule has 1 aliphatic heterocycles. The summed E-state index contributed by atoms with van der Waals surface area (Å²) in [5, 5.41) is 2.95. The van der Waals surface area contributed by atoms with E-state index in [1.165, 1.54) is 0 Å². The summed E-state index contributed by atoms with van der Waals surface area (Å²) < 4.78 is 5.30. The van der Waals surface area contributed by atoms with Gasteiger partial charge in [-0.05, 0) is 38.3 Å². The Labute approximate surface area is 130 Å². The third kappa shape index (κ3) is 3.43. The van der Waals surface area contributed by atoms with Crippen LogP contribution in [0.15, 0.2) is 22.8 Å². The van der Waals surface area contributed by atoms with E-state index in [0.29, 0.717) is 19.6 Å². The molecule has 3 rings (SSSR count). The van der Waals surface area contributed by atoms with Gasteiger partial charge in [-0.2, -0.15) is 0 Å². The van der Waals surface area contributed by atoms with Crippen molar-refractivity contribution in [1.29, 1.82) is 0 Å². The van der Waals surface area contributed by atoms with E-state index in [1.54, 1.807) is 11.2 Å². The largest absolute Gasteiger partial charge is 0.467 e. The molecule has 1 unspecified atom stereocenters. The molecule has 0 aromatic carbocycles. The SMILES string of the molecule is CC(NC(=O)N1CCCN(C(=O)C2CC2)CC1)c1ccco1. The van der Waals surface area contributed by atoms with E-state index in [2.05, 4.69) is 5.32 Å². The van der Waals surface area contributed by atoms with E-state index in [4.69, 9.17) is 4.42 Å². The van der Waals surface area contributed by atoms with Crippen molar-refractivity contribution in [3.05, 3.63) is 24.2 Å². The fourth-order valence-corrected chi connectivity index (χ4v) is 2.81. The average molecular weight is 305 g/mol. The lowest BCUT2D eigenvalue weighted by molar-refractivity contribution is -0.132. The van der Waals surface area contributed by atoms with Crippen LogP contribution in [0.3, 0.4) is 0 Å². The molecule has 0 radical (unpaired) electrons. The molecule has 0 spiro atoms. The van der Waals surface area contributed by atoms with Crippen molar-refractivity contribution in [3.63, 3.8) is 0 Å². The number of nitrogens with one attached hydrogen (secondary N) is 1. The Morgan fingerprint density at radius 1 is 1.23 bits per heavy atom. The first-order chi connectivity index (χ1) is 10.6. The van der Waals surface area contributed by atoms with Gasteiger partial charge in [0.2, 0.25) is 5.91 Å². The van der Waals surface area contributed by atoms with Crippen molar-refractivity contribution in [2.45, 2.75) is 32.2 Å². The fourth-order valence-electron chi connectivity index (χ4n) is 2.81. The summed E-state index contributed by atoms with van der Waals surface area (Å²) in [4.78, 5) is 28.2. The molecule has 1 aromatic heterocycles. The number of carbonyl (C=O) groups excluding carboxylic acids is 2. The Balaban J connectivity index is 1.51. The van der Waals surface area contributed by atoms with E-state index >= 15 is 0 Å². The molecule has 0 bridgehead atoms. The Morgan fingerprint density at radius 2 is 1.95 bits per heavy atom. The molecule has 2 heterocycles. The van der Waals surface area contributed by atoms with Gasteiger partial charge in [0.1, 0.15) is 5.76 Å². The summed E-state index contributed by atoms with van der Waals surface area (Å²) in [6.45, 7) is 4.57. The lowest BCUT2D eigenvalue weighted by atomic mass is 10.2. The Bertz CT molecular complexity index is 525. The normalized spacial score (nSPS) is 20.4. The van der Waals surface area contributed by atoms with E-state index in [1.807, 2.05) is 24.0 Å². The van der Waals surface area contributed by atoms with Gasteiger partial charge in [0.05, 0.1) is 12.3 Å².